The van der Waals surface area contributed by atoms with Gasteiger partial charge in [0.15, 0.2) is 5.78 Å². The summed E-state index contributed by atoms with van der Waals surface area (Å²) in [6, 6.07) is 4.14. The Balaban J connectivity index is 1.57. The first-order chi connectivity index (χ1) is 22.8. The average Bonchev–Trinajstić information content (AvgIpc) is 3.94. The number of urea groups is 1. The summed E-state index contributed by atoms with van der Waals surface area (Å²) in [7, 11) is -4.22. The van der Waals surface area contributed by atoms with Crippen LogP contribution in [0.3, 0.4) is 0 Å². The third-order valence-corrected chi connectivity index (χ3v) is 11.2. The van der Waals surface area contributed by atoms with Crippen molar-refractivity contribution in [2.75, 3.05) is 6.54 Å². The zero-order valence-electron chi connectivity index (χ0n) is 29.7. The van der Waals surface area contributed by atoms with Crippen LogP contribution in [0.5, 0.6) is 0 Å². The first-order valence-corrected chi connectivity index (χ1v) is 18.8. The minimum atomic E-state index is -4.22. The van der Waals surface area contributed by atoms with Crippen molar-refractivity contribution in [1.82, 2.24) is 25.6 Å². The van der Waals surface area contributed by atoms with Crippen LogP contribution in [-0.4, -0.2) is 73.1 Å². The molecule has 6 atom stereocenters. The van der Waals surface area contributed by atoms with Crippen molar-refractivity contribution >= 4 is 39.6 Å². The summed E-state index contributed by atoms with van der Waals surface area (Å²) < 4.78 is 28.2. The number of carbonyl (C=O) groups excluding carboxylic acids is 5. The van der Waals surface area contributed by atoms with Crippen LogP contribution in [0.4, 0.5) is 4.79 Å². The summed E-state index contributed by atoms with van der Waals surface area (Å²) in [5, 5.41) is 8.45. The van der Waals surface area contributed by atoms with Gasteiger partial charge in [0, 0.05) is 18.4 Å². The van der Waals surface area contributed by atoms with Crippen molar-refractivity contribution in [3.63, 3.8) is 0 Å². The second-order valence-electron chi connectivity index (χ2n) is 15.7. The van der Waals surface area contributed by atoms with Crippen LogP contribution in [0.1, 0.15) is 80.6 Å². The topological polar surface area (TPSA) is 171 Å². The van der Waals surface area contributed by atoms with Crippen LogP contribution in [0.15, 0.2) is 47.9 Å². The fourth-order valence-corrected chi connectivity index (χ4v) is 7.89. The number of hydrogen-bond donors (Lipinski definition) is 4. The number of sulfonamides is 1. The lowest BCUT2D eigenvalue weighted by Gasteiger charge is -2.37. The van der Waals surface area contributed by atoms with E-state index in [2.05, 4.69) is 27.3 Å². The second-order valence-corrected chi connectivity index (χ2v) is 17.4. The predicted molar refractivity (Wildman–Crippen MR) is 185 cm³/mol. The van der Waals surface area contributed by atoms with Gasteiger partial charge in [-0.25, -0.2) is 17.9 Å². The van der Waals surface area contributed by atoms with E-state index in [-0.39, 0.29) is 47.3 Å². The number of hydrogen-bond acceptors (Lipinski definition) is 7. The molecule has 3 aliphatic rings. The van der Waals surface area contributed by atoms with Crippen molar-refractivity contribution in [2.24, 2.45) is 35.0 Å². The largest absolute Gasteiger partial charge is 0.339 e. The van der Waals surface area contributed by atoms with E-state index in [4.69, 9.17) is 0 Å². The third kappa shape index (κ3) is 8.71. The van der Waals surface area contributed by atoms with Gasteiger partial charge in [0.05, 0.1) is 10.9 Å². The van der Waals surface area contributed by atoms with E-state index in [0.717, 1.165) is 12.8 Å². The molecule has 0 radical (unpaired) electrons. The zero-order valence-corrected chi connectivity index (χ0v) is 30.6. The Kier molecular flexibility index (Phi) is 11.4. The number of ketones is 1. The highest BCUT2D eigenvalue weighted by Crippen LogP contribution is 2.45. The summed E-state index contributed by atoms with van der Waals surface area (Å²) in [5.41, 5.74) is -2.32. The highest BCUT2D eigenvalue weighted by Gasteiger charge is 2.62. The van der Waals surface area contributed by atoms with Crippen molar-refractivity contribution in [3.8, 4) is 0 Å². The van der Waals surface area contributed by atoms with E-state index in [9.17, 15) is 32.4 Å². The molecule has 1 aliphatic heterocycles. The smallest absolute Gasteiger partial charge is 0.316 e. The van der Waals surface area contributed by atoms with Crippen molar-refractivity contribution < 1.29 is 32.4 Å². The molecule has 5 amide bonds. The van der Waals surface area contributed by atoms with E-state index in [1.165, 1.54) is 23.1 Å². The zero-order chi connectivity index (χ0) is 36.5. The van der Waals surface area contributed by atoms with Gasteiger partial charge in [-0.05, 0) is 67.4 Å². The lowest BCUT2D eigenvalue weighted by molar-refractivity contribution is -0.143. The summed E-state index contributed by atoms with van der Waals surface area (Å²) >= 11 is 0. The normalized spacial score (nSPS) is 24.9. The van der Waals surface area contributed by atoms with Gasteiger partial charge >= 0.3 is 6.03 Å². The van der Waals surface area contributed by atoms with Crippen LogP contribution in [0.2, 0.25) is 0 Å². The van der Waals surface area contributed by atoms with Crippen molar-refractivity contribution in [3.05, 3.63) is 43.0 Å². The molecular formula is C36H53N5O7S. The van der Waals surface area contributed by atoms with Crippen LogP contribution >= 0.6 is 0 Å². The predicted octanol–water partition coefficient (Wildman–Crippen LogP) is 3.53. The van der Waals surface area contributed by atoms with E-state index >= 15 is 0 Å². The molecule has 0 bridgehead atoms. The Bertz CT molecular complexity index is 1550. The molecule has 1 aromatic carbocycles. The fraction of sp³-hybridized carbons (Fsp3) is 0.639. The Labute approximate surface area is 290 Å². The number of nitrogens with zero attached hydrogens (tertiary/aromatic N) is 1. The van der Waals surface area contributed by atoms with Gasteiger partial charge in [-0.15, -0.1) is 6.58 Å². The molecule has 13 heteroatoms. The first-order valence-electron chi connectivity index (χ1n) is 17.3. The molecule has 1 saturated heterocycles. The molecule has 4 N–H and O–H groups in total. The van der Waals surface area contributed by atoms with E-state index in [1.807, 2.05) is 48.5 Å². The monoisotopic (exact) mass is 699 g/mol. The number of carbonyl (C=O) groups is 5. The fourth-order valence-electron chi connectivity index (χ4n) is 6.83. The lowest BCUT2D eigenvalue weighted by atomic mass is 9.85. The molecule has 2 saturated carbocycles. The molecule has 0 aromatic heterocycles. The third-order valence-electron chi connectivity index (χ3n) is 9.81. The van der Waals surface area contributed by atoms with Crippen LogP contribution in [0.25, 0.3) is 0 Å². The molecule has 1 aromatic rings. The molecular weight excluding hydrogens is 646 g/mol. The van der Waals surface area contributed by atoms with Crippen molar-refractivity contribution in [2.45, 2.75) is 109 Å². The second kappa shape index (κ2) is 14.6. The Morgan fingerprint density at radius 2 is 1.63 bits per heavy atom. The molecule has 2 aliphatic carbocycles. The maximum Gasteiger partial charge on any atom is 0.316 e. The SMILES string of the molecule is C=C[C@@H]1CC1(NC(=O)C1C(CC(C)C)CCN1C(=O)[C@@H](NC(=O)N[C@H](C(=O)C1CC1)C(C)C)C(C)(C)C)C(=O)NS(=O)(=O)c1ccccc1. The summed E-state index contributed by atoms with van der Waals surface area (Å²) in [5.74, 6) is -2.66. The van der Waals surface area contributed by atoms with Crippen LogP contribution in [0, 0.1) is 35.0 Å². The highest BCUT2D eigenvalue weighted by atomic mass is 32.2. The number of likely N-dealkylation sites (tertiary alicyclic amines) is 1. The van der Waals surface area contributed by atoms with Gasteiger partial charge in [0.25, 0.3) is 15.9 Å². The molecule has 12 nitrogen and oxygen atoms in total. The van der Waals surface area contributed by atoms with E-state index in [1.54, 1.807) is 18.2 Å². The van der Waals surface area contributed by atoms with E-state index in [0.29, 0.717) is 12.8 Å². The molecule has 0 spiro atoms. The Hall–Kier alpha value is -3.74. The van der Waals surface area contributed by atoms with Gasteiger partial charge in [-0.2, -0.15) is 0 Å². The molecule has 49 heavy (non-hydrogen) atoms. The van der Waals surface area contributed by atoms with E-state index < -0.39 is 68.8 Å². The number of rotatable bonds is 14. The molecule has 1 heterocycles. The standard InChI is InChI=1S/C36H53N5O7S/c1-9-25-20-36(25,33(45)40-49(47,48)26-13-11-10-12-14-26)39-31(43)28-24(19-21(2)3)17-18-41(28)32(44)30(35(6,7)8)38-34(46)37-27(22(4)5)29(42)23-15-16-23/h9-14,21-25,27-28,30H,1,15-20H2,2-8H3,(H,39,43)(H,40,45)(H2,37,38,46)/t24?,25-,27+,28?,30-,36?/m1/s1. The van der Waals surface area contributed by atoms with Gasteiger partial charge < -0.3 is 20.9 Å². The number of benzene rings is 1. The number of nitrogens with one attached hydrogen (secondary N) is 4. The molecule has 4 rings (SSSR count). The molecule has 3 unspecified atom stereocenters. The Morgan fingerprint density at radius 3 is 2.14 bits per heavy atom. The summed E-state index contributed by atoms with van der Waals surface area (Å²) in [6.07, 6.45) is 4.43. The van der Waals surface area contributed by atoms with Gasteiger partial charge in [-0.1, -0.05) is 72.7 Å². The number of Topliss-reactive ketones (excluding diaryl/α,β-unsaturated/α-hetero) is 1. The van der Waals surface area contributed by atoms with Gasteiger partial charge in [0.2, 0.25) is 11.8 Å². The minimum absolute atomic E-state index is 0.0102. The Morgan fingerprint density at radius 1 is 1.00 bits per heavy atom. The maximum absolute atomic E-state index is 14.4. The van der Waals surface area contributed by atoms with Gasteiger partial charge in [-0.3, -0.25) is 19.2 Å². The number of amides is 5. The van der Waals surface area contributed by atoms with Crippen molar-refractivity contribution in [1.29, 1.82) is 0 Å². The quantitative estimate of drug-likeness (QED) is 0.215. The average molecular weight is 700 g/mol. The summed E-state index contributed by atoms with van der Waals surface area (Å²) in [4.78, 5) is 69.8. The van der Waals surface area contributed by atoms with Crippen LogP contribution in [-0.2, 0) is 29.2 Å². The van der Waals surface area contributed by atoms with Crippen LogP contribution < -0.4 is 20.7 Å². The maximum atomic E-state index is 14.4. The summed E-state index contributed by atoms with van der Waals surface area (Å²) in [6.45, 7) is 17.2. The van der Waals surface area contributed by atoms with Gasteiger partial charge in [0.1, 0.15) is 17.6 Å². The first kappa shape index (κ1) is 38.1. The lowest BCUT2D eigenvalue weighted by Crippen LogP contribution is -2.62. The minimum Gasteiger partial charge on any atom is -0.339 e. The molecule has 3 fully saturated rings. The highest BCUT2D eigenvalue weighted by molar-refractivity contribution is 7.90. The molecule has 270 valence electrons.